The maximum absolute atomic E-state index is 12.6. The summed E-state index contributed by atoms with van der Waals surface area (Å²) in [5.41, 5.74) is 2.38. The van der Waals surface area contributed by atoms with Gasteiger partial charge in [0.2, 0.25) is 0 Å². The molecule has 0 spiro atoms. The van der Waals surface area contributed by atoms with Gasteiger partial charge in [-0.25, -0.2) is 0 Å². The van der Waals surface area contributed by atoms with Gasteiger partial charge in [-0.05, 0) is 48.7 Å². The molecule has 28 heavy (non-hydrogen) atoms. The van der Waals surface area contributed by atoms with Crippen LogP contribution in [0.15, 0.2) is 24.3 Å². The van der Waals surface area contributed by atoms with Crippen LogP contribution in [-0.2, 0) is 4.79 Å². The molecule has 0 aromatic heterocycles. The van der Waals surface area contributed by atoms with Crippen LogP contribution >= 0.6 is 12.2 Å². The molecule has 2 saturated heterocycles. The van der Waals surface area contributed by atoms with E-state index in [0.717, 1.165) is 62.9 Å². The fourth-order valence-electron chi connectivity index (χ4n) is 4.00. The van der Waals surface area contributed by atoms with Gasteiger partial charge in [0, 0.05) is 18.8 Å². The lowest BCUT2D eigenvalue weighted by molar-refractivity contribution is -0.896. The van der Waals surface area contributed by atoms with Gasteiger partial charge in [-0.15, -0.1) is 0 Å². The smallest absolute Gasteiger partial charge is 0.277 e. The quantitative estimate of drug-likeness (QED) is 0.756. The maximum atomic E-state index is 12.6. The van der Waals surface area contributed by atoms with Crippen LogP contribution in [0.1, 0.15) is 51.0 Å². The molecule has 1 aromatic carbocycles. The standard InChI is InChI=1S/C22H34N4OS/c1-18(2)19-7-9-20(10-8-19)23-22(28)26-15-13-24(14-16-26)17-21(27)25-11-5-3-4-6-12-25/h7-10,18H,3-6,11-17H2,1-2H3,(H,23,28)/p+1. The summed E-state index contributed by atoms with van der Waals surface area (Å²) >= 11 is 5.61. The first kappa shape index (κ1) is 21.1. The predicted molar refractivity (Wildman–Crippen MR) is 119 cm³/mol. The van der Waals surface area contributed by atoms with Crippen molar-refractivity contribution in [2.45, 2.75) is 45.4 Å². The van der Waals surface area contributed by atoms with Gasteiger partial charge in [-0.2, -0.15) is 0 Å². The Labute approximate surface area is 175 Å². The summed E-state index contributed by atoms with van der Waals surface area (Å²) in [4.78, 5) is 18.3. The van der Waals surface area contributed by atoms with Crippen LogP contribution in [0.5, 0.6) is 0 Å². The minimum absolute atomic E-state index is 0.330. The number of nitrogens with zero attached hydrogens (tertiary/aromatic N) is 2. The zero-order chi connectivity index (χ0) is 19.9. The number of benzene rings is 1. The first-order valence-corrected chi connectivity index (χ1v) is 11.2. The van der Waals surface area contributed by atoms with Crippen molar-refractivity contribution in [1.29, 1.82) is 0 Å². The second-order valence-electron chi connectivity index (χ2n) is 8.42. The van der Waals surface area contributed by atoms with Crippen LogP contribution < -0.4 is 10.2 Å². The van der Waals surface area contributed by atoms with Gasteiger partial charge < -0.3 is 20.0 Å². The molecule has 6 heteroatoms. The number of anilines is 1. The van der Waals surface area contributed by atoms with Crippen LogP contribution in [0.4, 0.5) is 5.69 Å². The summed E-state index contributed by atoms with van der Waals surface area (Å²) in [6.07, 6.45) is 4.85. The van der Waals surface area contributed by atoms with Crippen molar-refractivity contribution in [3.63, 3.8) is 0 Å². The van der Waals surface area contributed by atoms with Crippen molar-refractivity contribution in [2.24, 2.45) is 0 Å². The van der Waals surface area contributed by atoms with Crippen molar-refractivity contribution in [3.05, 3.63) is 29.8 Å². The molecule has 0 aliphatic carbocycles. The van der Waals surface area contributed by atoms with E-state index in [1.54, 1.807) is 0 Å². The van der Waals surface area contributed by atoms with Gasteiger partial charge >= 0.3 is 0 Å². The SMILES string of the molecule is CC(C)c1ccc(NC(=S)N2CC[NH+](CC(=O)N3CCCCCC3)CC2)cc1. The third-order valence-electron chi connectivity index (χ3n) is 5.95. The van der Waals surface area contributed by atoms with Crippen LogP contribution in [0.2, 0.25) is 0 Å². The maximum Gasteiger partial charge on any atom is 0.277 e. The fourth-order valence-corrected chi connectivity index (χ4v) is 4.30. The molecule has 2 aliphatic heterocycles. The molecule has 2 N–H and O–H groups in total. The third kappa shape index (κ3) is 5.92. The van der Waals surface area contributed by atoms with Gasteiger partial charge in [0.25, 0.3) is 5.91 Å². The minimum Gasteiger partial charge on any atom is -0.338 e. The lowest BCUT2D eigenvalue weighted by Gasteiger charge is -2.34. The molecular weight excluding hydrogens is 368 g/mol. The molecule has 1 amide bonds. The number of hydrogen-bond donors (Lipinski definition) is 2. The topological polar surface area (TPSA) is 40.0 Å². The second-order valence-corrected chi connectivity index (χ2v) is 8.80. The molecule has 2 aliphatic rings. The average molecular weight is 404 g/mol. The van der Waals surface area contributed by atoms with Gasteiger partial charge in [0.1, 0.15) is 0 Å². The van der Waals surface area contributed by atoms with Crippen LogP contribution in [0, 0.1) is 0 Å². The number of piperazine rings is 1. The van der Waals surface area contributed by atoms with E-state index < -0.39 is 0 Å². The van der Waals surface area contributed by atoms with Gasteiger partial charge in [0.15, 0.2) is 11.7 Å². The summed E-state index contributed by atoms with van der Waals surface area (Å²) in [7, 11) is 0. The number of thiocarbonyl (C=S) groups is 1. The van der Waals surface area contributed by atoms with E-state index in [1.165, 1.54) is 23.3 Å². The first-order valence-electron chi connectivity index (χ1n) is 10.8. The molecule has 0 atom stereocenters. The van der Waals surface area contributed by atoms with E-state index in [0.29, 0.717) is 18.4 Å². The van der Waals surface area contributed by atoms with E-state index in [1.807, 2.05) is 0 Å². The predicted octanol–water partition coefficient (Wildman–Crippen LogP) is 2.11. The number of amides is 1. The Balaban J connectivity index is 1.42. The third-order valence-corrected chi connectivity index (χ3v) is 6.31. The molecule has 1 aromatic rings. The summed E-state index contributed by atoms with van der Waals surface area (Å²) in [5.74, 6) is 0.866. The first-order chi connectivity index (χ1) is 13.5. The number of carbonyl (C=O) groups is 1. The molecular formula is C22H35N4OS+. The normalized spacial score (nSPS) is 18.8. The Hall–Kier alpha value is -1.66. The minimum atomic E-state index is 0.330. The molecule has 154 valence electrons. The van der Waals surface area contributed by atoms with Gasteiger partial charge in [0.05, 0.1) is 26.2 Å². The Morgan fingerprint density at radius 2 is 1.61 bits per heavy atom. The van der Waals surface area contributed by atoms with E-state index >= 15 is 0 Å². The van der Waals surface area contributed by atoms with Crippen LogP contribution in [-0.4, -0.2) is 66.6 Å². The van der Waals surface area contributed by atoms with E-state index in [9.17, 15) is 4.79 Å². The summed E-state index contributed by atoms with van der Waals surface area (Å²) in [6.45, 7) is 10.7. The van der Waals surface area contributed by atoms with Gasteiger partial charge in [-0.1, -0.05) is 38.8 Å². The van der Waals surface area contributed by atoms with E-state index in [2.05, 4.69) is 53.2 Å². The molecule has 0 bridgehead atoms. The van der Waals surface area contributed by atoms with Crippen molar-refractivity contribution in [3.8, 4) is 0 Å². The molecule has 0 radical (unpaired) electrons. The Bertz CT molecular complexity index is 645. The number of hydrogen-bond acceptors (Lipinski definition) is 2. The van der Waals surface area contributed by atoms with E-state index in [-0.39, 0.29) is 0 Å². The molecule has 5 nitrogen and oxygen atoms in total. The van der Waals surface area contributed by atoms with Crippen molar-refractivity contribution < 1.29 is 9.69 Å². The van der Waals surface area contributed by atoms with Crippen LogP contribution in [0.25, 0.3) is 0 Å². The summed E-state index contributed by atoms with van der Waals surface area (Å²) in [6, 6.07) is 8.52. The highest BCUT2D eigenvalue weighted by molar-refractivity contribution is 7.80. The fraction of sp³-hybridized carbons (Fsp3) is 0.636. The monoisotopic (exact) mass is 403 g/mol. The molecule has 0 saturated carbocycles. The Morgan fingerprint density at radius 1 is 1.00 bits per heavy atom. The number of carbonyl (C=O) groups excluding carboxylic acids is 1. The van der Waals surface area contributed by atoms with E-state index in [4.69, 9.17) is 12.2 Å². The highest BCUT2D eigenvalue weighted by Crippen LogP contribution is 2.17. The average Bonchev–Trinajstić information content (AvgIpc) is 2.98. The Morgan fingerprint density at radius 3 is 2.18 bits per heavy atom. The number of rotatable bonds is 4. The summed E-state index contributed by atoms with van der Waals surface area (Å²) < 4.78 is 0. The second kappa shape index (κ2) is 10.2. The van der Waals surface area contributed by atoms with Crippen molar-refractivity contribution in [1.82, 2.24) is 9.80 Å². The number of quaternary nitrogens is 1. The zero-order valence-corrected chi connectivity index (χ0v) is 18.2. The zero-order valence-electron chi connectivity index (χ0n) is 17.4. The highest BCUT2D eigenvalue weighted by Gasteiger charge is 2.26. The molecule has 2 heterocycles. The lowest BCUT2D eigenvalue weighted by atomic mass is 10.0. The molecule has 3 rings (SSSR count). The molecule has 2 fully saturated rings. The van der Waals surface area contributed by atoms with Crippen LogP contribution in [0.3, 0.4) is 0 Å². The number of likely N-dealkylation sites (tertiary alicyclic amines) is 1. The largest absolute Gasteiger partial charge is 0.338 e. The van der Waals surface area contributed by atoms with Crippen molar-refractivity contribution in [2.75, 3.05) is 51.1 Å². The lowest BCUT2D eigenvalue weighted by Crippen LogP contribution is -3.15. The highest BCUT2D eigenvalue weighted by atomic mass is 32.1. The number of nitrogens with one attached hydrogen (secondary N) is 2. The Kier molecular flexibility index (Phi) is 7.68. The van der Waals surface area contributed by atoms with Gasteiger partial charge in [-0.3, -0.25) is 4.79 Å². The molecule has 0 unspecified atom stereocenters. The summed E-state index contributed by atoms with van der Waals surface area (Å²) in [5, 5.41) is 4.15. The van der Waals surface area contributed by atoms with Crippen molar-refractivity contribution >= 4 is 28.9 Å².